The Hall–Kier alpha value is -1.36. The van der Waals surface area contributed by atoms with Crippen LogP contribution in [0.2, 0.25) is 0 Å². The molecule has 0 rings (SSSR count). The molecule has 0 aromatic carbocycles. The number of nitrogens with two attached hydrogens (primary N) is 1. The maximum absolute atomic E-state index is 11.6. The topological polar surface area (TPSA) is 81.4 Å². The van der Waals surface area contributed by atoms with E-state index in [1.807, 2.05) is 13.8 Å². The average molecular weight is 288 g/mol. The zero-order chi connectivity index (χ0) is 15.3. The normalized spacial score (nSPS) is 10.2. The van der Waals surface area contributed by atoms with Crippen molar-refractivity contribution in [3.05, 3.63) is 12.2 Å². The van der Waals surface area contributed by atoms with Gasteiger partial charge in [0.2, 0.25) is 5.91 Å². The standard InChI is InChI=1S/C12H22N2O3.C2H6.CH4/c1-4-17-12(16)10(7-5-6-8-13)14-11(15)9(2)3;1-2;/h10H,2,4-8,13H2,1,3H3,(H,14,15);1-2H3;1H4. The van der Waals surface area contributed by atoms with Crippen molar-refractivity contribution in [3.63, 3.8) is 0 Å². The van der Waals surface area contributed by atoms with Crippen LogP contribution in [0.5, 0.6) is 0 Å². The molecule has 5 nitrogen and oxygen atoms in total. The zero-order valence-electron chi connectivity index (χ0n) is 12.6. The van der Waals surface area contributed by atoms with Gasteiger partial charge in [-0.3, -0.25) is 4.79 Å². The first-order chi connectivity index (χ1) is 9.02. The lowest BCUT2D eigenvalue weighted by molar-refractivity contribution is -0.147. The van der Waals surface area contributed by atoms with Gasteiger partial charge in [0.25, 0.3) is 0 Å². The first kappa shape index (κ1) is 23.7. The third-order valence-corrected chi connectivity index (χ3v) is 2.21. The number of rotatable bonds is 8. The molecular formula is C15H32N2O3. The number of esters is 1. The Balaban J connectivity index is -0.000000916. The average Bonchev–Trinajstić information content (AvgIpc) is 2.40. The van der Waals surface area contributed by atoms with E-state index in [4.69, 9.17) is 10.5 Å². The molecule has 1 amide bonds. The summed E-state index contributed by atoms with van der Waals surface area (Å²) in [5, 5.41) is 2.61. The van der Waals surface area contributed by atoms with Crippen molar-refractivity contribution in [2.75, 3.05) is 13.2 Å². The molecule has 0 aliphatic rings. The quantitative estimate of drug-likeness (QED) is 0.408. The monoisotopic (exact) mass is 288 g/mol. The lowest BCUT2D eigenvalue weighted by atomic mass is 10.1. The van der Waals surface area contributed by atoms with E-state index in [1.54, 1.807) is 13.8 Å². The predicted octanol–water partition coefficient (Wildman–Crippen LogP) is 2.40. The van der Waals surface area contributed by atoms with Gasteiger partial charge in [0.05, 0.1) is 6.61 Å². The number of carbonyl (C=O) groups excluding carboxylic acids is 2. The summed E-state index contributed by atoms with van der Waals surface area (Å²) in [5.74, 6) is -0.727. The first-order valence-electron chi connectivity index (χ1n) is 6.86. The molecule has 0 radical (unpaired) electrons. The van der Waals surface area contributed by atoms with Crippen LogP contribution in [0.4, 0.5) is 0 Å². The molecular weight excluding hydrogens is 256 g/mol. The molecule has 1 atom stereocenters. The highest BCUT2D eigenvalue weighted by molar-refractivity contribution is 5.95. The highest BCUT2D eigenvalue weighted by Crippen LogP contribution is 2.04. The van der Waals surface area contributed by atoms with E-state index < -0.39 is 12.0 Å². The molecule has 20 heavy (non-hydrogen) atoms. The largest absolute Gasteiger partial charge is 0.464 e. The van der Waals surface area contributed by atoms with Crippen LogP contribution in [0.15, 0.2) is 12.2 Å². The summed E-state index contributed by atoms with van der Waals surface area (Å²) in [4.78, 5) is 23.0. The minimum Gasteiger partial charge on any atom is -0.464 e. The number of hydrogen-bond donors (Lipinski definition) is 2. The number of carbonyl (C=O) groups is 2. The Labute approximate surface area is 123 Å². The van der Waals surface area contributed by atoms with Crippen molar-refractivity contribution in [2.45, 2.75) is 60.4 Å². The van der Waals surface area contributed by atoms with E-state index in [0.717, 1.165) is 12.8 Å². The van der Waals surface area contributed by atoms with Crippen LogP contribution < -0.4 is 11.1 Å². The second kappa shape index (κ2) is 15.7. The second-order valence-corrected chi connectivity index (χ2v) is 3.84. The summed E-state index contributed by atoms with van der Waals surface area (Å²) in [6.07, 6.45) is 2.13. The van der Waals surface area contributed by atoms with Crippen LogP contribution in [0, 0.1) is 0 Å². The van der Waals surface area contributed by atoms with E-state index in [9.17, 15) is 9.59 Å². The van der Waals surface area contributed by atoms with E-state index >= 15 is 0 Å². The van der Waals surface area contributed by atoms with Gasteiger partial charge in [0.1, 0.15) is 6.04 Å². The van der Waals surface area contributed by atoms with Crippen molar-refractivity contribution < 1.29 is 14.3 Å². The fourth-order valence-electron chi connectivity index (χ4n) is 1.27. The van der Waals surface area contributed by atoms with E-state index in [1.165, 1.54) is 0 Å². The van der Waals surface area contributed by atoms with Gasteiger partial charge in [0, 0.05) is 5.57 Å². The fourth-order valence-corrected chi connectivity index (χ4v) is 1.27. The van der Waals surface area contributed by atoms with Crippen LogP contribution >= 0.6 is 0 Å². The van der Waals surface area contributed by atoms with Crippen LogP contribution in [0.25, 0.3) is 0 Å². The SMILES string of the molecule is C.C=C(C)C(=O)NC(CCCCN)C(=O)OCC.CC. The molecule has 0 aromatic rings. The fraction of sp³-hybridized carbons (Fsp3) is 0.733. The second-order valence-electron chi connectivity index (χ2n) is 3.84. The molecule has 0 fully saturated rings. The maximum Gasteiger partial charge on any atom is 0.328 e. The lowest BCUT2D eigenvalue weighted by Crippen LogP contribution is -2.42. The summed E-state index contributed by atoms with van der Waals surface area (Å²) in [5.41, 5.74) is 5.75. The summed E-state index contributed by atoms with van der Waals surface area (Å²) in [6, 6.07) is -0.606. The van der Waals surface area contributed by atoms with Crippen LogP contribution in [0.1, 0.15) is 54.4 Å². The minimum atomic E-state index is -0.606. The molecule has 120 valence electrons. The summed E-state index contributed by atoms with van der Waals surface area (Å²) >= 11 is 0. The van der Waals surface area contributed by atoms with E-state index in [0.29, 0.717) is 25.1 Å². The molecule has 0 aliphatic heterocycles. The summed E-state index contributed by atoms with van der Waals surface area (Å²) in [7, 11) is 0. The molecule has 0 aromatic heterocycles. The van der Waals surface area contributed by atoms with Crippen molar-refractivity contribution in [1.82, 2.24) is 5.32 Å². The number of nitrogens with one attached hydrogen (secondary N) is 1. The molecule has 0 saturated heterocycles. The van der Waals surface area contributed by atoms with E-state index in [2.05, 4.69) is 11.9 Å². The summed E-state index contributed by atoms with van der Waals surface area (Å²) in [6.45, 7) is 11.7. The smallest absolute Gasteiger partial charge is 0.328 e. The Bertz CT molecular complexity index is 278. The Morgan fingerprint density at radius 1 is 1.30 bits per heavy atom. The van der Waals surface area contributed by atoms with Gasteiger partial charge in [-0.25, -0.2) is 4.79 Å². The van der Waals surface area contributed by atoms with Gasteiger partial charge in [0.15, 0.2) is 0 Å². The van der Waals surface area contributed by atoms with Gasteiger partial charge >= 0.3 is 5.97 Å². The molecule has 0 spiro atoms. The molecule has 1 unspecified atom stereocenters. The van der Waals surface area contributed by atoms with Gasteiger partial charge in [-0.1, -0.05) is 27.9 Å². The molecule has 3 N–H and O–H groups in total. The van der Waals surface area contributed by atoms with Gasteiger partial charge in [-0.05, 0) is 39.7 Å². The third-order valence-electron chi connectivity index (χ3n) is 2.21. The Morgan fingerprint density at radius 3 is 2.25 bits per heavy atom. The van der Waals surface area contributed by atoms with Gasteiger partial charge in [-0.2, -0.15) is 0 Å². The molecule has 5 heteroatoms. The lowest BCUT2D eigenvalue weighted by Gasteiger charge is -2.17. The third kappa shape index (κ3) is 11.7. The van der Waals surface area contributed by atoms with E-state index in [-0.39, 0.29) is 13.3 Å². The van der Waals surface area contributed by atoms with Gasteiger partial charge in [-0.15, -0.1) is 0 Å². The number of ether oxygens (including phenoxy) is 1. The maximum atomic E-state index is 11.6. The van der Waals surface area contributed by atoms with Gasteiger partial charge < -0.3 is 15.8 Å². The van der Waals surface area contributed by atoms with Crippen molar-refractivity contribution in [3.8, 4) is 0 Å². The van der Waals surface area contributed by atoms with Crippen molar-refractivity contribution in [1.29, 1.82) is 0 Å². The highest BCUT2D eigenvalue weighted by atomic mass is 16.5. The minimum absolute atomic E-state index is 0. The first-order valence-corrected chi connectivity index (χ1v) is 6.86. The van der Waals surface area contributed by atoms with Crippen LogP contribution in [-0.2, 0) is 14.3 Å². The number of hydrogen-bond acceptors (Lipinski definition) is 4. The molecule has 0 heterocycles. The Kier molecular flexibility index (Phi) is 18.6. The molecule has 0 saturated carbocycles. The van der Waals surface area contributed by atoms with Crippen molar-refractivity contribution in [2.24, 2.45) is 5.73 Å². The highest BCUT2D eigenvalue weighted by Gasteiger charge is 2.21. The Morgan fingerprint density at radius 2 is 1.85 bits per heavy atom. The number of amides is 1. The predicted molar refractivity (Wildman–Crippen MR) is 84.4 cm³/mol. The molecule has 0 aliphatic carbocycles. The van der Waals surface area contributed by atoms with Crippen LogP contribution in [0.3, 0.4) is 0 Å². The number of unbranched alkanes of at least 4 members (excludes halogenated alkanes) is 1. The zero-order valence-corrected chi connectivity index (χ0v) is 12.6. The summed E-state index contributed by atoms with van der Waals surface area (Å²) < 4.78 is 4.90. The van der Waals surface area contributed by atoms with Crippen molar-refractivity contribution >= 4 is 11.9 Å². The van der Waals surface area contributed by atoms with Crippen LogP contribution in [-0.4, -0.2) is 31.1 Å². The molecule has 0 bridgehead atoms.